The van der Waals surface area contributed by atoms with Crippen LogP contribution in [0.4, 0.5) is 0 Å². The van der Waals surface area contributed by atoms with E-state index in [0.29, 0.717) is 35.1 Å². The molecule has 0 saturated carbocycles. The van der Waals surface area contributed by atoms with Crippen LogP contribution in [0.1, 0.15) is 23.3 Å². The summed E-state index contributed by atoms with van der Waals surface area (Å²) in [4.78, 5) is 27.5. The Kier molecular flexibility index (Phi) is 4.62. The maximum absolute atomic E-state index is 13.1. The number of nitrogens with zero attached hydrogens (tertiary/aromatic N) is 2. The van der Waals surface area contributed by atoms with Gasteiger partial charge in [0.05, 0.1) is 12.1 Å². The lowest BCUT2D eigenvalue weighted by atomic mass is 10.0. The fraction of sp³-hybridized carbons (Fsp3) is 0.238. The van der Waals surface area contributed by atoms with Crippen molar-refractivity contribution in [2.45, 2.75) is 12.8 Å². The number of likely N-dealkylation sites (tertiary alicyclic amines) is 1. The third-order valence-electron chi connectivity index (χ3n) is 4.95. The van der Waals surface area contributed by atoms with Crippen LogP contribution in [-0.4, -0.2) is 41.2 Å². The number of hydrogen-bond acceptors (Lipinski definition) is 3. The number of methoxy groups -OCH3 is 1. The SMILES string of the molecule is COc1ccc(-c2cc3ccccn3c2C(=O)C(=O)N2CCCC2)cc1Cl. The number of hydrogen-bond donors (Lipinski definition) is 0. The van der Waals surface area contributed by atoms with E-state index in [0.717, 1.165) is 23.9 Å². The van der Waals surface area contributed by atoms with Crippen LogP contribution in [0.5, 0.6) is 5.75 Å². The first-order chi connectivity index (χ1) is 13.1. The molecule has 1 aromatic carbocycles. The Balaban J connectivity index is 1.86. The lowest BCUT2D eigenvalue weighted by Crippen LogP contribution is -2.34. The second kappa shape index (κ2) is 7.08. The molecule has 138 valence electrons. The van der Waals surface area contributed by atoms with Crippen LogP contribution in [0.15, 0.2) is 48.7 Å². The van der Waals surface area contributed by atoms with Crippen molar-refractivity contribution >= 4 is 28.8 Å². The highest BCUT2D eigenvalue weighted by Gasteiger charge is 2.30. The van der Waals surface area contributed by atoms with Gasteiger partial charge in [0.2, 0.25) is 0 Å². The highest BCUT2D eigenvalue weighted by Crippen LogP contribution is 2.34. The minimum atomic E-state index is -0.495. The highest BCUT2D eigenvalue weighted by atomic mass is 35.5. The average Bonchev–Trinajstić information content (AvgIpc) is 3.34. The van der Waals surface area contributed by atoms with E-state index in [1.807, 2.05) is 30.3 Å². The number of ether oxygens (including phenoxy) is 1. The van der Waals surface area contributed by atoms with Gasteiger partial charge in [0, 0.05) is 30.4 Å². The Labute approximate surface area is 162 Å². The number of pyridine rings is 1. The summed E-state index contributed by atoms with van der Waals surface area (Å²) in [7, 11) is 1.55. The van der Waals surface area contributed by atoms with Gasteiger partial charge in [-0.3, -0.25) is 9.59 Å². The van der Waals surface area contributed by atoms with Gasteiger partial charge in [-0.2, -0.15) is 0 Å². The number of carbonyl (C=O) groups is 2. The van der Waals surface area contributed by atoms with Crippen LogP contribution in [0, 0.1) is 0 Å². The Morgan fingerprint density at radius 1 is 1.07 bits per heavy atom. The van der Waals surface area contributed by atoms with E-state index in [9.17, 15) is 9.59 Å². The van der Waals surface area contributed by atoms with Crippen LogP contribution in [0.3, 0.4) is 0 Å². The van der Waals surface area contributed by atoms with E-state index >= 15 is 0 Å². The van der Waals surface area contributed by atoms with Crippen molar-refractivity contribution in [3.8, 4) is 16.9 Å². The molecule has 2 aromatic heterocycles. The standard InChI is InChI=1S/C21H19ClN2O3/c1-27-18-8-7-14(12-17(18)22)16-13-15-6-2-3-11-24(15)19(16)20(25)21(26)23-9-4-5-10-23/h2-3,6-8,11-13H,4-5,9-10H2,1H3. The normalized spacial score (nSPS) is 13.9. The van der Waals surface area contributed by atoms with Crippen LogP contribution in [0.25, 0.3) is 16.6 Å². The first-order valence-electron chi connectivity index (χ1n) is 8.88. The number of rotatable bonds is 4. The molecule has 1 aliphatic heterocycles. The van der Waals surface area contributed by atoms with Gasteiger partial charge < -0.3 is 14.0 Å². The number of halogens is 1. The van der Waals surface area contributed by atoms with Crippen molar-refractivity contribution in [2.75, 3.05) is 20.2 Å². The summed E-state index contributed by atoms with van der Waals surface area (Å²) < 4.78 is 6.98. The Hall–Kier alpha value is -2.79. The Morgan fingerprint density at radius 2 is 1.85 bits per heavy atom. The smallest absolute Gasteiger partial charge is 0.296 e. The molecule has 0 atom stereocenters. The maximum atomic E-state index is 13.1. The van der Waals surface area contributed by atoms with Crippen molar-refractivity contribution in [3.05, 3.63) is 59.4 Å². The van der Waals surface area contributed by atoms with Crippen LogP contribution >= 0.6 is 11.6 Å². The van der Waals surface area contributed by atoms with Gasteiger partial charge in [-0.1, -0.05) is 23.7 Å². The Morgan fingerprint density at radius 3 is 2.56 bits per heavy atom. The molecule has 0 N–H and O–H groups in total. The molecule has 1 fully saturated rings. The van der Waals surface area contributed by atoms with E-state index in [4.69, 9.17) is 16.3 Å². The topological polar surface area (TPSA) is 51.0 Å². The lowest BCUT2D eigenvalue weighted by molar-refractivity contribution is -0.125. The molecule has 5 nitrogen and oxygen atoms in total. The minimum absolute atomic E-state index is 0.365. The summed E-state index contributed by atoms with van der Waals surface area (Å²) in [6.45, 7) is 1.27. The molecule has 3 aromatic rings. The molecule has 1 amide bonds. The number of ketones is 1. The fourth-order valence-electron chi connectivity index (χ4n) is 3.57. The number of amides is 1. The summed E-state index contributed by atoms with van der Waals surface area (Å²) in [6, 6.07) is 12.9. The number of aromatic nitrogens is 1. The molecule has 6 heteroatoms. The van der Waals surface area contributed by atoms with Crippen molar-refractivity contribution in [1.82, 2.24) is 9.30 Å². The molecule has 0 aliphatic carbocycles. The third-order valence-corrected chi connectivity index (χ3v) is 5.24. The molecule has 3 heterocycles. The van der Waals surface area contributed by atoms with Crippen molar-refractivity contribution in [1.29, 1.82) is 0 Å². The molecule has 0 spiro atoms. The second-order valence-electron chi connectivity index (χ2n) is 6.58. The van der Waals surface area contributed by atoms with Gasteiger partial charge in [-0.05, 0) is 48.7 Å². The molecular formula is C21H19ClN2O3. The molecule has 1 aliphatic rings. The first kappa shape index (κ1) is 17.6. The minimum Gasteiger partial charge on any atom is -0.495 e. The third kappa shape index (κ3) is 3.08. The summed E-state index contributed by atoms with van der Waals surface area (Å²) in [5, 5.41) is 0.453. The molecular weight excluding hydrogens is 364 g/mol. The number of carbonyl (C=O) groups excluding carboxylic acids is 2. The van der Waals surface area contributed by atoms with Gasteiger partial charge in [-0.25, -0.2) is 0 Å². The summed E-state index contributed by atoms with van der Waals surface area (Å²) in [5.74, 6) is -0.382. The predicted octanol–water partition coefficient (Wildman–Crippen LogP) is 4.07. The summed E-state index contributed by atoms with van der Waals surface area (Å²) >= 11 is 6.28. The summed E-state index contributed by atoms with van der Waals surface area (Å²) in [6.07, 6.45) is 3.68. The molecule has 27 heavy (non-hydrogen) atoms. The highest BCUT2D eigenvalue weighted by molar-refractivity contribution is 6.43. The predicted molar refractivity (Wildman–Crippen MR) is 105 cm³/mol. The fourth-order valence-corrected chi connectivity index (χ4v) is 3.83. The number of fused-ring (bicyclic) bond motifs is 1. The monoisotopic (exact) mass is 382 g/mol. The van der Waals surface area contributed by atoms with E-state index in [2.05, 4.69) is 0 Å². The van der Waals surface area contributed by atoms with E-state index in [1.165, 1.54) is 0 Å². The zero-order valence-electron chi connectivity index (χ0n) is 14.9. The quantitative estimate of drug-likeness (QED) is 0.504. The van der Waals surface area contributed by atoms with Gasteiger partial charge in [0.1, 0.15) is 11.4 Å². The molecule has 0 unspecified atom stereocenters. The largest absolute Gasteiger partial charge is 0.495 e. The molecule has 0 bridgehead atoms. The van der Waals surface area contributed by atoms with Gasteiger partial charge in [0.15, 0.2) is 0 Å². The average molecular weight is 383 g/mol. The molecule has 4 rings (SSSR count). The van der Waals surface area contributed by atoms with Crippen molar-refractivity contribution in [2.24, 2.45) is 0 Å². The Bertz CT molecular complexity index is 1040. The van der Waals surface area contributed by atoms with Gasteiger partial charge in [0.25, 0.3) is 11.7 Å². The van der Waals surface area contributed by atoms with Crippen molar-refractivity contribution in [3.63, 3.8) is 0 Å². The first-order valence-corrected chi connectivity index (χ1v) is 9.25. The zero-order chi connectivity index (χ0) is 19.0. The van der Waals surface area contributed by atoms with E-state index < -0.39 is 11.7 Å². The summed E-state index contributed by atoms with van der Waals surface area (Å²) in [5.41, 5.74) is 2.66. The number of benzene rings is 1. The van der Waals surface area contributed by atoms with E-state index in [1.54, 1.807) is 34.7 Å². The second-order valence-corrected chi connectivity index (χ2v) is 6.99. The molecule has 1 saturated heterocycles. The lowest BCUT2D eigenvalue weighted by Gasteiger charge is -2.15. The van der Waals surface area contributed by atoms with Crippen LogP contribution < -0.4 is 4.74 Å². The number of Topliss-reactive ketones (excluding diaryl/α,β-unsaturated/α-hetero) is 1. The van der Waals surface area contributed by atoms with E-state index in [-0.39, 0.29) is 0 Å². The van der Waals surface area contributed by atoms with Crippen LogP contribution in [0.2, 0.25) is 5.02 Å². The molecule has 0 radical (unpaired) electrons. The van der Waals surface area contributed by atoms with Crippen molar-refractivity contribution < 1.29 is 14.3 Å². The van der Waals surface area contributed by atoms with Crippen LogP contribution in [-0.2, 0) is 4.79 Å². The van der Waals surface area contributed by atoms with Gasteiger partial charge >= 0.3 is 0 Å². The maximum Gasteiger partial charge on any atom is 0.296 e. The van der Waals surface area contributed by atoms with Gasteiger partial charge in [-0.15, -0.1) is 0 Å². The zero-order valence-corrected chi connectivity index (χ0v) is 15.7.